The van der Waals surface area contributed by atoms with Gasteiger partial charge in [0.25, 0.3) is 12.3 Å². The number of benzene rings is 2. The summed E-state index contributed by atoms with van der Waals surface area (Å²) in [5.41, 5.74) is 3.67. The van der Waals surface area contributed by atoms with E-state index in [9.17, 15) is 13.6 Å². The Morgan fingerprint density at radius 3 is 2.59 bits per heavy atom. The number of aromatic nitrogens is 5. The fourth-order valence-corrected chi connectivity index (χ4v) is 4.21. The number of aryl methyl sites for hydroxylation is 1. The van der Waals surface area contributed by atoms with Crippen LogP contribution in [0.2, 0.25) is 0 Å². The summed E-state index contributed by atoms with van der Waals surface area (Å²) >= 11 is 0. The van der Waals surface area contributed by atoms with Gasteiger partial charge in [-0.15, -0.1) is 0 Å². The van der Waals surface area contributed by atoms with E-state index in [1.807, 2.05) is 37.3 Å². The monoisotopic (exact) mass is 502 g/mol. The van der Waals surface area contributed by atoms with Gasteiger partial charge >= 0.3 is 0 Å². The lowest BCUT2D eigenvalue weighted by Crippen LogP contribution is -2.14. The van der Waals surface area contributed by atoms with E-state index in [0.717, 1.165) is 21.5 Å². The van der Waals surface area contributed by atoms with Crippen LogP contribution in [-0.4, -0.2) is 37.4 Å². The highest BCUT2D eigenvalue weighted by Gasteiger charge is 2.23. The quantitative estimate of drug-likeness (QED) is 0.320. The number of rotatable bonds is 7. The summed E-state index contributed by atoms with van der Waals surface area (Å²) < 4.78 is 35.8. The fourth-order valence-electron chi connectivity index (χ4n) is 4.21. The Balaban J connectivity index is 1.48. The number of methoxy groups -OCH3 is 1. The molecule has 0 aliphatic rings. The summed E-state index contributed by atoms with van der Waals surface area (Å²) in [5.74, 6) is 0.228. The highest BCUT2D eigenvalue weighted by atomic mass is 19.3. The second kappa shape index (κ2) is 9.81. The molecule has 0 radical (unpaired) electrons. The van der Waals surface area contributed by atoms with Crippen LogP contribution in [0, 0.1) is 13.8 Å². The Hall–Kier alpha value is -4.60. The first-order valence-electron chi connectivity index (χ1n) is 11.6. The fraction of sp³-hybridized carbons (Fsp3) is 0.185. The number of halogens is 2. The van der Waals surface area contributed by atoms with Crippen molar-refractivity contribution >= 4 is 17.2 Å². The van der Waals surface area contributed by atoms with Crippen molar-refractivity contribution in [3.05, 3.63) is 95.1 Å². The molecule has 0 saturated carbocycles. The van der Waals surface area contributed by atoms with Crippen LogP contribution >= 0.6 is 0 Å². The Kier molecular flexibility index (Phi) is 6.39. The minimum atomic E-state index is -2.80. The second-order valence-corrected chi connectivity index (χ2v) is 8.54. The van der Waals surface area contributed by atoms with Crippen LogP contribution in [0.3, 0.4) is 0 Å². The lowest BCUT2D eigenvalue weighted by molar-refractivity contribution is 0.102. The number of ether oxygens (including phenoxy) is 1. The Morgan fingerprint density at radius 2 is 1.86 bits per heavy atom. The van der Waals surface area contributed by atoms with E-state index < -0.39 is 12.3 Å². The molecule has 3 heterocycles. The minimum absolute atomic E-state index is 0.0493. The number of hydrogen-bond donors (Lipinski definition) is 1. The molecule has 0 aliphatic heterocycles. The third-order valence-corrected chi connectivity index (χ3v) is 6.12. The zero-order valence-electron chi connectivity index (χ0n) is 20.4. The predicted octanol–water partition coefficient (Wildman–Crippen LogP) is 5.46. The van der Waals surface area contributed by atoms with E-state index in [4.69, 9.17) is 4.74 Å². The molecule has 0 unspecified atom stereocenters. The van der Waals surface area contributed by atoms with E-state index in [2.05, 4.69) is 20.5 Å². The summed E-state index contributed by atoms with van der Waals surface area (Å²) in [6.45, 7) is 4.13. The second-order valence-electron chi connectivity index (χ2n) is 8.54. The first-order chi connectivity index (χ1) is 17.9. The number of amides is 1. The summed E-state index contributed by atoms with van der Waals surface area (Å²) in [6.07, 6.45) is -1.55. The largest absolute Gasteiger partial charge is 0.497 e. The average Bonchev–Trinajstić information content (AvgIpc) is 3.45. The Bertz CT molecular complexity index is 1590. The summed E-state index contributed by atoms with van der Waals surface area (Å²) in [6, 6.07) is 17.9. The number of carbonyl (C=O) groups is 1. The van der Waals surface area contributed by atoms with Gasteiger partial charge < -0.3 is 10.1 Å². The third-order valence-electron chi connectivity index (χ3n) is 6.12. The zero-order valence-corrected chi connectivity index (χ0v) is 20.4. The van der Waals surface area contributed by atoms with Crippen molar-refractivity contribution in [3.8, 4) is 17.0 Å². The van der Waals surface area contributed by atoms with Crippen molar-refractivity contribution in [1.29, 1.82) is 0 Å². The summed E-state index contributed by atoms with van der Waals surface area (Å²) in [5, 5.41) is 11.5. The topological polar surface area (TPSA) is 86.3 Å². The lowest BCUT2D eigenvalue weighted by atomic mass is 10.1. The van der Waals surface area contributed by atoms with Crippen LogP contribution in [0.1, 0.15) is 39.4 Å². The van der Waals surface area contributed by atoms with Gasteiger partial charge in [-0.25, -0.2) is 18.3 Å². The molecule has 0 saturated heterocycles. The van der Waals surface area contributed by atoms with Gasteiger partial charge in [0.1, 0.15) is 17.0 Å². The molecule has 37 heavy (non-hydrogen) atoms. The minimum Gasteiger partial charge on any atom is -0.497 e. The molecule has 10 heteroatoms. The van der Waals surface area contributed by atoms with Crippen LogP contribution in [0.4, 0.5) is 14.5 Å². The van der Waals surface area contributed by atoms with Crippen molar-refractivity contribution < 1.29 is 18.3 Å². The standard InChI is InChI=1S/C27H24F2N6O2/c1-16-24(17(2)34(33-16)15-18-8-7-11-20(12-18)37-3)32-27(36)21-14-30-35-23(25(28)29)13-22(31-26(21)35)19-9-5-4-6-10-19/h4-14,25H,15H2,1-3H3,(H,32,36). The number of alkyl halides is 2. The molecule has 0 spiro atoms. The van der Waals surface area contributed by atoms with Gasteiger partial charge in [-0.1, -0.05) is 42.5 Å². The van der Waals surface area contributed by atoms with Gasteiger partial charge in [-0.05, 0) is 37.6 Å². The Labute approximate surface area is 211 Å². The molecule has 2 aromatic carbocycles. The molecule has 5 rings (SSSR count). The van der Waals surface area contributed by atoms with Crippen LogP contribution in [0.25, 0.3) is 16.9 Å². The molecular formula is C27H24F2N6O2. The predicted molar refractivity (Wildman–Crippen MR) is 135 cm³/mol. The van der Waals surface area contributed by atoms with Gasteiger partial charge in [0.05, 0.1) is 42.6 Å². The maximum atomic E-state index is 13.9. The van der Waals surface area contributed by atoms with Crippen molar-refractivity contribution in [3.63, 3.8) is 0 Å². The van der Waals surface area contributed by atoms with Crippen molar-refractivity contribution in [2.45, 2.75) is 26.8 Å². The normalized spacial score (nSPS) is 11.3. The SMILES string of the molecule is COc1cccc(Cn2nc(C)c(NC(=O)c3cnn4c(C(F)F)cc(-c5ccccc5)nc34)c2C)c1. The van der Waals surface area contributed by atoms with Crippen molar-refractivity contribution in [1.82, 2.24) is 24.4 Å². The maximum Gasteiger partial charge on any atom is 0.280 e. The van der Waals surface area contributed by atoms with Crippen LogP contribution in [-0.2, 0) is 6.54 Å². The van der Waals surface area contributed by atoms with Crippen LogP contribution < -0.4 is 10.1 Å². The van der Waals surface area contributed by atoms with E-state index in [-0.39, 0.29) is 16.9 Å². The summed E-state index contributed by atoms with van der Waals surface area (Å²) in [7, 11) is 1.61. The number of nitrogens with zero attached hydrogens (tertiary/aromatic N) is 5. The first kappa shape index (κ1) is 24.1. The number of anilines is 1. The average molecular weight is 503 g/mol. The third kappa shape index (κ3) is 4.65. The van der Waals surface area contributed by atoms with Crippen LogP contribution in [0.5, 0.6) is 5.75 Å². The van der Waals surface area contributed by atoms with Crippen molar-refractivity contribution in [2.75, 3.05) is 12.4 Å². The first-order valence-corrected chi connectivity index (χ1v) is 11.6. The molecule has 0 aliphatic carbocycles. The van der Waals surface area contributed by atoms with E-state index in [1.54, 1.807) is 43.0 Å². The Morgan fingerprint density at radius 1 is 1.08 bits per heavy atom. The number of hydrogen-bond acceptors (Lipinski definition) is 5. The smallest absolute Gasteiger partial charge is 0.280 e. The van der Waals surface area contributed by atoms with E-state index in [0.29, 0.717) is 29.2 Å². The maximum absolute atomic E-state index is 13.9. The molecule has 0 atom stereocenters. The highest BCUT2D eigenvalue weighted by Crippen LogP contribution is 2.28. The molecule has 3 aromatic heterocycles. The molecule has 1 N–H and O–H groups in total. The molecule has 0 fully saturated rings. The molecule has 8 nitrogen and oxygen atoms in total. The van der Waals surface area contributed by atoms with Gasteiger partial charge in [0, 0.05) is 5.56 Å². The van der Waals surface area contributed by atoms with Gasteiger partial charge in [0.2, 0.25) is 0 Å². The summed E-state index contributed by atoms with van der Waals surface area (Å²) in [4.78, 5) is 17.8. The molecular weight excluding hydrogens is 478 g/mol. The van der Waals surface area contributed by atoms with E-state index in [1.165, 1.54) is 12.3 Å². The van der Waals surface area contributed by atoms with Gasteiger partial charge in [0.15, 0.2) is 5.65 Å². The number of carbonyl (C=O) groups excluding carboxylic acids is 1. The molecule has 188 valence electrons. The highest BCUT2D eigenvalue weighted by molar-refractivity contribution is 6.08. The van der Waals surface area contributed by atoms with E-state index >= 15 is 0 Å². The lowest BCUT2D eigenvalue weighted by Gasteiger charge is -2.09. The molecule has 0 bridgehead atoms. The van der Waals surface area contributed by atoms with Gasteiger partial charge in [-0.2, -0.15) is 10.2 Å². The van der Waals surface area contributed by atoms with Gasteiger partial charge in [-0.3, -0.25) is 9.48 Å². The van der Waals surface area contributed by atoms with Crippen LogP contribution in [0.15, 0.2) is 66.9 Å². The molecule has 1 amide bonds. The van der Waals surface area contributed by atoms with Crippen molar-refractivity contribution in [2.24, 2.45) is 0 Å². The zero-order chi connectivity index (χ0) is 26.1. The number of fused-ring (bicyclic) bond motifs is 1. The number of nitrogens with one attached hydrogen (secondary N) is 1. The molecule has 5 aromatic rings.